The van der Waals surface area contributed by atoms with E-state index >= 15 is 0 Å². The Balaban J connectivity index is 1.36. The van der Waals surface area contributed by atoms with Gasteiger partial charge < -0.3 is 14.3 Å². The summed E-state index contributed by atoms with van der Waals surface area (Å²) in [7, 11) is 0. The van der Waals surface area contributed by atoms with Crippen LogP contribution in [-0.2, 0) is 17.9 Å². The number of nitrogens with one attached hydrogen (secondary N) is 1. The van der Waals surface area contributed by atoms with Gasteiger partial charge in [0.1, 0.15) is 17.6 Å². The van der Waals surface area contributed by atoms with E-state index in [1.54, 1.807) is 6.26 Å². The molecule has 4 rings (SSSR count). The van der Waals surface area contributed by atoms with Crippen LogP contribution in [0.2, 0.25) is 5.02 Å². The molecule has 2 aromatic heterocycles. The van der Waals surface area contributed by atoms with E-state index in [0.29, 0.717) is 24.5 Å². The molecule has 0 atom stereocenters. The standard InChI is InChI=1S/C25H28ClN5O2/c1-18-19(2)31(16-22-4-3-13-33-22)25(23(18)14-27)28-24(32)17-30-11-9-29(10-12-30)15-20-5-7-21(26)8-6-20/h3-8,13H,9-12,15-17H2,1-2H3,(H,28,32). The molecule has 1 fully saturated rings. The molecule has 33 heavy (non-hydrogen) atoms. The van der Waals surface area contributed by atoms with Gasteiger partial charge in [-0.1, -0.05) is 23.7 Å². The summed E-state index contributed by atoms with van der Waals surface area (Å²) in [5.41, 5.74) is 3.54. The monoisotopic (exact) mass is 465 g/mol. The Labute approximate surface area is 199 Å². The van der Waals surface area contributed by atoms with Crippen molar-refractivity contribution in [3.05, 3.63) is 75.8 Å². The molecule has 0 unspecified atom stereocenters. The van der Waals surface area contributed by atoms with E-state index in [0.717, 1.165) is 54.8 Å². The van der Waals surface area contributed by atoms with Gasteiger partial charge in [0.15, 0.2) is 0 Å². The van der Waals surface area contributed by atoms with Gasteiger partial charge >= 0.3 is 0 Å². The molecule has 0 saturated carbocycles. The highest BCUT2D eigenvalue weighted by Crippen LogP contribution is 2.27. The molecule has 0 radical (unpaired) electrons. The van der Waals surface area contributed by atoms with Gasteiger partial charge in [-0.3, -0.25) is 14.6 Å². The fourth-order valence-electron chi connectivity index (χ4n) is 4.21. The minimum absolute atomic E-state index is 0.115. The minimum atomic E-state index is -0.115. The van der Waals surface area contributed by atoms with Crippen LogP contribution < -0.4 is 5.32 Å². The summed E-state index contributed by atoms with van der Waals surface area (Å²) in [5, 5.41) is 13.4. The second-order valence-electron chi connectivity index (χ2n) is 8.44. The van der Waals surface area contributed by atoms with Crippen molar-refractivity contribution in [3.63, 3.8) is 0 Å². The van der Waals surface area contributed by atoms with Crippen LogP contribution >= 0.6 is 11.6 Å². The van der Waals surface area contributed by atoms with E-state index in [9.17, 15) is 10.1 Å². The first-order valence-corrected chi connectivity index (χ1v) is 11.4. The van der Waals surface area contributed by atoms with Crippen LogP contribution in [-0.4, -0.2) is 53.0 Å². The lowest BCUT2D eigenvalue weighted by Gasteiger charge is -2.34. The summed E-state index contributed by atoms with van der Waals surface area (Å²) < 4.78 is 7.42. The van der Waals surface area contributed by atoms with E-state index in [-0.39, 0.29) is 5.91 Å². The SMILES string of the molecule is Cc1c(C#N)c(NC(=O)CN2CCN(Cc3ccc(Cl)cc3)CC2)n(Cc2ccco2)c1C. The van der Waals surface area contributed by atoms with E-state index in [2.05, 4.69) is 33.3 Å². The third kappa shape index (κ3) is 5.48. The summed E-state index contributed by atoms with van der Waals surface area (Å²) >= 11 is 5.97. The van der Waals surface area contributed by atoms with Gasteiger partial charge in [0.2, 0.25) is 5.91 Å². The molecule has 7 nitrogen and oxygen atoms in total. The zero-order chi connectivity index (χ0) is 23.4. The van der Waals surface area contributed by atoms with E-state index in [4.69, 9.17) is 16.0 Å². The van der Waals surface area contributed by atoms with Gasteiger partial charge in [-0.2, -0.15) is 5.26 Å². The highest BCUT2D eigenvalue weighted by molar-refractivity contribution is 6.30. The number of halogens is 1. The summed E-state index contributed by atoms with van der Waals surface area (Å²) in [6.07, 6.45) is 1.62. The molecule has 172 valence electrons. The topological polar surface area (TPSA) is 77.4 Å². The van der Waals surface area contributed by atoms with Crippen LogP contribution in [0.25, 0.3) is 0 Å². The van der Waals surface area contributed by atoms with Crippen LogP contribution in [0.5, 0.6) is 0 Å². The Bertz CT molecular complexity index is 1140. The molecule has 0 bridgehead atoms. The lowest BCUT2D eigenvalue weighted by Crippen LogP contribution is -2.48. The molecular formula is C25H28ClN5O2. The molecule has 1 aliphatic rings. The quantitative estimate of drug-likeness (QED) is 0.570. The Hall–Kier alpha value is -3.05. The maximum absolute atomic E-state index is 12.9. The normalized spacial score (nSPS) is 14.8. The number of furan rings is 1. The van der Waals surface area contributed by atoms with Crippen molar-refractivity contribution >= 4 is 23.3 Å². The van der Waals surface area contributed by atoms with Gasteiger partial charge in [-0.25, -0.2) is 0 Å². The third-order valence-electron chi connectivity index (χ3n) is 6.24. The average molecular weight is 466 g/mol. The van der Waals surface area contributed by atoms with Gasteiger partial charge in [-0.15, -0.1) is 0 Å². The molecule has 3 aromatic rings. The number of anilines is 1. The molecule has 1 aromatic carbocycles. The molecule has 1 N–H and O–H groups in total. The molecule has 3 heterocycles. The molecule has 0 aliphatic carbocycles. The number of benzene rings is 1. The largest absolute Gasteiger partial charge is 0.467 e. The number of rotatable bonds is 7. The molecule has 0 spiro atoms. The lowest BCUT2D eigenvalue weighted by molar-refractivity contribution is -0.117. The van der Waals surface area contributed by atoms with Crippen molar-refractivity contribution in [2.45, 2.75) is 26.9 Å². The lowest BCUT2D eigenvalue weighted by atomic mass is 10.2. The molecule has 8 heteroatoms. The fraction of sp³-hybridized carbons (Fsp3) is 0.360. The second kappa shape index (κ2) is 10.3. The summed E-state index contributed by atoms with van der Waals surface area (Å²) in [5.74, 6) is 1.19. The number of hydrogen-bond donors (Lipinski definition) is 1. The Kier molecular flexibility index (Phi) is 7.19. The third-order valence-corrected chi connectivity index (χ3v) is 6.50. The summed E-state index contributed by atoms with van der Waals surface area (Å²) in [6, 6.07) is 13.9. The molecule has 1 saturated heterocycles. The van der Waals surface area contributed by atoms with Crippen molar-refractivity contribution < 1.29 is 9.21 Å². The van der Waals surface area contributed by atoms with Crippen molar-refractivity contribution in [2.24, 2.45) is 0 Å². The summed E-state index contributed by atoms with van der Waals surface area (Å²) in [4.78, 5) is 17.4. The first-order valence-electron chi connectivity index (χ1n) is 11.1. The number of hydrogen-bond acceptors (Lipinski definition) is 5. The smallest absolute Gasteiger partial charge is 0.239 e. The van der Waals surface area contributed by atoms with Crippen LogP contribution in [0.15, 0.2) is 47.1 Å². The minimum Gasteiger partial charge on any atom is -0.467 e. The van der Waals surface area contributed by atoms with Crippen LogP contribution in [0, 0.1) is 25.2 Å². The highest BCUT2D eigenvalue weighted by atomic mass is 35.5. The predicted molar refractivity (Wildman–Crippen MR) is 128 cm³/mol. The Morgan fingerprint density at radius 3 is 2.42 bits per heavy atom. The zero-order valence-corrected chi connectivity index (χ0v) is 19.7. The fourth-order valence-corrected chi connectivity index (χ4v) is 4.34. The van der Waals surface area contributed by atoms with Gasteiger partial charge in [0.05, 0.1) is 24.9 Å². The zero-order valence-electron chi connectivity index (χ0n) is 19.0. The first-order chi connectivity index (χ1) is 15.9. The van der Waals surface area contributed by atoms with Crippen LogP contribution in [0.4, 0.5) is 5.82 Å². The Morgan fingerprint density at radius 2 is 1.79 bits per heavy atom. The number of nitriles is 1. The van der Waals surface area contributed by atoms with E-state index in [1.165, 1.54) is 5.56 Å². The Morgan fingerprint density at radius 1 is 1.09 bits per heavy atom. The van der Waals surface area contributed by atoms with E-state index in [1.807, 2.05) is 42.7 Å². The first kappa shape index (κ1) is 23.1. The maximum Gasteiger partial charge on any atom is 0.239 e. The van der Waals surface area contributed by atoms with Gasteiger partial charge in [0.25, 0.3) is 0 Å². The van der Waals surface area contributed by atoms with E-state index < -0.39 is 0 Å². The number of aromatic nitrogens is 1. The van der Waals surface area contributed by atoms with Crippen molar-refractivity contribution in [3.8, 4) is 6.07 Å². The average Bonchev–Trinajstić information content (AvgIpc) is 3.39. The van der Waals surface area contributed by atoms with Gasteiger partial charge in [0, 0.05) is 43.4 Å². The predicted octanol–water partition coefficient (Wildman–Crippen LogP) is 4.03. The van der Waals surface area contributed by atoms with Gasteiger partial charge in [-0.05, 0) is 49.2 Å². The number of piperazine rings is 1. The van der Waals surface area contributed by atoms with Crippen molar-refractivity contribution in [1.82, 2.24) is 14.4 Å². The van der Waals surface area contributed by atoms with Crippen LogP contribution in [0.1, 0.15) is 28.1 Å². The maximum atomic E-state index is 12.9. The number of carbonyl (C=O) groups is 1. The molecular weight excluding hydrogens is 438 g/mol. The molecule has 1 aliphatic heterocycles. The van der Waals surface area contributed by atoms with Crippen LogP contribution in [0.3, 0.4) is 0 Å². The number of amides is 1. The molecule has 1 amide bonds. The highest BCUT2D eigenvalue weighted by Gasteiger charge is 2.23. The van der Waals surface area contributed by atoms with Crippen molar-refractivity contribution in [2.75, 3.05) is 38.0 Å². The summed E-state index contributed by atoms with van der Waals surface area (Å²) in [6.45, 7) is 8.91. The number of carbonyl (C=O) groups excluding carboxylic acids is 1. The number of nitrogens with zero attached hydrogens (tertiary/aromatic N) is 4. The van der Waals surface area contributed by atoms with Crippen molar-refractivity contribution in [1.29, 1.82) is 5.26 Å². The second-order valence-corrected chi connectivity index (χ2v) is 8.87.